The highest BCUT2D eigenvalue weighted by Gasteiger charge is 2.21. The summed E-state index contributed by atoms with van der Waals surface area (Å²) < 4.78 is 9.71. The average molecular weight is 784 g/mol. The van der Waals surface area contributed by atoms with Gasteiger partial charge < -0.3 is 20.3 Å². The highest BCUT2D eigenvalue weighted by atomic mass is 16.5. The van der Waals surface area contributed by atoms with Crippen molar-refractivity contribution < 1.29 is 4.74 Å². The summed E-state index contributed by atoms with van der Waals surface area (Å²) in [5, 5.41) is 7.83. The number of nitrogens with one attached hydrogen (secondary N) is 2. The molecule has 0 amide bonds. The third-order valence-electron chi connectivity index (χ3n) is 9.99. The number of para-hydroxylation sites is 3. The third-order valence-corrected chi connectivity index (χ3v) is 9.99. The molecule has 3 aromatic carbocycles. The van der Waals surface area contributed by atoms with Crippen LogP contribution >= 0.6 is 0 Å². The molecule has 7 aromatic rings. The minimum atomic E-state index is -0.164. The Hall–Kier alpha value is -7.20. The minimum absolute atomic E-state index is 0.00585. The highest BCUT2D eigenvalue weighted by molar-refractivity contribution is 5.93. The number of aromatic nitrogens is 4. The molecule has 10 heteroatoms. The lowest BCUT2D eigenvalue weighted by molar-refractivity contribution is 0.343. The second-order valence-electron chi connectivity index (χ2n) is 14.2. The Labute approximate surface area is 344 Å². The number of pyridine rings is 4. The van der Waals surface area contributed by atoms with Crippen LogP contribution in [0, 0.1) is 13.8 Å². The van der Waals surface area contributed by atoms with Gasteiger partial charge in [-0.15, -0.1) is 0 Å². The van der Waals surface area contributed by atoms with E-state index in [0.717, 1.165) is 65.8 Å². The van der Waals surface area contributed by atoms with Gasteiger partial charge in [-0.3, -0.25) is 18.7 Å². The van der Waals surface area contributed by atoms with E-state index in [1.807, 2.05) is 116 Å². The number of allylic oxidation sites excluding steroid dienone is 3. The van der Waals surface area contributed by atoms with Gasteiger partial charge in [-0.2, -0.15) is 0 Å². The SMILES string of the molecule is C=C/C=C(\C=C)Nc1cc(=O)c2c(OCC)cc(C)nc2n1-c1ccccc1.Cc1cc(N2CCCCC2)c2c(=O)cc(Nc3ccccc3)n(-c3ccccc3)c2n1. The van der Waals surface area contributed by atoms with Crippen LogP contribution in [0.4, 0.5) is 23.0 Å². The topological polar surface area (TPSA) is 106 Å². The summed E-state index contributed by atoms with van der Waals surface area (Å²) in [4.78, 5) is 38.3. The molecule has 1 saturated heterocycles. The monoisotopic (exact) mass is 783 g/mol. The van der Waals surface area contributed by atoms with Crippen molar-refractivity contribution in [3.05, 3.63) is 184 Å². The van der Waals surface area contributed by atoms with Gasteiger partial charge in [-0.1, -0.05) is 73.8 Å². The van der Waals surface area contributed by atoms with Crippen molar-refractivity contribution >= 4 is 45.1 Å². The molecule has 298 valence electrons. The lowest BCUT2D eigenvalue weighted by Gasteiger charge is -2.30. The molecule has 59 heavy (non-hydrogen) atoms. The molecule has 0 bridgehead atoms. The van der Waals surface area contributed by atoms with E-state index in [0.29, 0.717) is 46.1 Å². The van der Waals surface area contributed by atoms with Gasteiger partial charge in [0.1, 0.15) is 22.8 Å². The third kappa shape index (κ3) is 8.87. The smallest absolute Gasteiger partial charge is 0.196 e. The van der Waals surface area contributed by atoms with Crippen LogP contribution in [0.5, 0.6) is 5.75 Å². The quantitative estimate of drug-likeness (QED) is 0.125. The summed E-state index contributed by atoms with van der Waals surface area (Å²) in [6.45, 7) is 15.7. The van der Waals surface area contributed by atoms with Gasteiger partial charge in [0, 0.05) is 65.4 Å². The Morgan fingerprint density at radius 3 is 1.85 bits per heavy atom. The summed E-state index contributed by atoms with van der Waals surface area (Å²) in [7, 11) is 0. The van der Waals surface area contributed by atoms with Crippen molar-refractivity contribution in [1.82, 2.24) is 19.1 Å². The first kappa shape index (κ1) is 40.0. The molecule has 0 atom stereocenters. The maximum atomic E-state index is 13.4. The lowest BCUT2D eigenvalue weighted by atomic mass is 10.1. The first-order chi connectivity index (χ1) is 28.8. The number of ether oxygens (including phenoxy) is 1. The van der Waals surface area contributed by atoms with Crippen molar-refractivity contribution in [2.45, 2.75) is 40.0 Å². The minimum Gasteiger partial charge on any atom is -0.493 e. The number of benzene rings is 3. The van der Waals surface area contributed by atoms with Crippen molar-refractivity contribution in [2.24, 2.45) is 0 Å². The number of piperidine rings is 1. The second-order valence-corrected chi connectivity index (χ2v) is 14.2. The van der Waals surface area contributed by atoms with Gasteiger partial charge in [0.15, 0.2) is 22.2 Å². The zero-order valence-electron chi connectivity index (χ0n) is 33.8. The molecule has 1 fully saturated rings. The average Bonchev–Trinajstić information content (AvgIpc) is 3.24. The van der Waals surface area contributed by atoms with Gasteiger partial charge >= 0.3 is 0 Å². The maximum Gasteiger partial charge on any atom is 0.196 e. The molecule has 4 aromatic heterocycles. The molecule has 5 heterocycles. The van der Waals surface area contributed by atoms with E-state index in [9.17, 15) is 9.59 Å². The van der Waals surface area contributed by atoms with Crippen LogP contribution in [0.3, 0.4) is 0 Å². The fraction of sp³-hybridized carbons (Fsp3) is 0.184. The fourth-order valence-electron chi connectivity index (χ4n) is 7.43. The summed E-state index contributed by atoms with van der Waals surface area (Å²) >= 11 is 0. The van der Waals surface area contributed by atoms with E-state index in [1.54, 1.807) is 36.4 Å². The van der Waals surface area contributed by atoms with E-state index in [2.05, 4.69) is 44.3 Å². The summed E-state index contributed by atoms with van der Waals surface area (Å²) in [6.07, 6.45) is 8.67. The Bertz CT molecular complexity index is 2750. The van der Waals surface area contributed by atoms with Gasteiger partial charge in [-0.25, -0.2) is 9.97 Å². The molecule has 0 saturated carbocycles. The van der Waals surface area contributed by atoms with Gasteiger partial charge in [0.25, 0.3) is 0 Å². The summed E-state index contributed by atoms with van der Waals surface area (Å²) in [5.41, 5.74) is 7.22. The fourth-order valence-corrected chi connectivity index (χ4v) is 7.43. The van der Waals surface area contributed by atoms with Crippen molar-refractivity contribution in [2.75, 3.05) is 35.2 Å². The normalized spacial score (nSPS) is 12.7. The van der Waals surface area contributed by atoms with Crippen molar-refractivity contribution in [3.63, 3.8) is 0 Å². The number of anilines is 4. The predicted molar refractivity (Wildman–Crippen MR) is 243 cm³/mol. The standard InChI is InChI=1S/C26H26N4O.C23H23N3O2/c1-19-17-22(29-15-9-4-10-16-29)25-23(31)18-24(28-20-11-5-2-6-12-20)30(26(25)27-19)21-13-7-3-8-14-21;1-5-11-17(6-2)25-21-15-19(27)22-20(28-7-3)14-16(4)24-23(22)26(21)18-12-9-8-10-13-18/h2-3,5-8,11-14,17-18,28H,4,9-10,15-16H2,1H3;5-6,8-15,25H,1-2,7H2,3-4H3/b;17-11+. The van der Waals surface area contributed by atoms with E-state index < -0.39 is 0 Å². The van der Waals surface area contributed by atoms with Gasteiger partial charge in [0.2, 0.25) is 0 Å². The Morgan fingerprint density at radius 2 is 1.25 bits per heavy atom. The zero-order valence-corrected chi connectivity index (χ0v) is 33.8. The Morgan fingerprint density at radius 1 is 0.712 bits per heavy atom. The molecule has 8 rings (SSSR count). The van der Waals surface area contributed by atoms with E-state index >= 15 is 0 Å². The molecular weight excluding hydrogens is 735 g/mol. The number of fused-ring (bicyclic) bond motifs is 2. The first-order valence-electron chi connectivity index (χ1n) is 20.0. The van der Waals surface area contributed by atoms with E-state index in [1.165, 1.54) is 6.42 Å². The Balaban J connectivity index is 0.000000180. The number of aryl methyl sites for hydroxylation is 2. The maximum absolute atomic E-state index is 13.4. The van der Waals surface area contributed by atoms with Gasteiger partial charge in [-0.05, 0) is 94.7 Å². The van der Waals surface area contributed by atoms with Gasteiger partial charge in [0.05, 0.1) is 17.7 Å². The molecule has 0 aliphatic carbocycles. The van der Waals surface area contributed by atoms with Crippen LogP contribution in [-0.2, 0) is 0 Å². The number of hydrogen-bond donors (Lipinski definition) is 2. The zero-order chi connectivity index (χ0) is 41.3. The van der Waals surface area contributed by atoms with E-state index in [-0.39, 0.29) is 10.9 Å². The molecule has 1 aliphatic heterocycles. The molecule has 0 radical (unpaired) electrons. The molecule has 0 spiro atoms. The summed E-state index contributed by atoms with van der Waals surface area (Å²) in [5.74, 6) is 1.83. The van der Waals surface area contributed by atoms with Crippen LogP contribution in [0.15, 0.2) is 162 Å². The van der Waals surface area contributed by atoms with E-state index in [4.69, 9.17) is 9.72 Å². The second kappa shape index (κ2) is 18.4. The number of rotatable bonds is 11. The van der Waals surface area contributed by atoms with Crippen LogP contribution in [0.2, 0.25) is 0 Å². The van der Waals surface area contributed by atoms with Crippen molar-refractivity contribution in [3.8, 4) is 17.1 Å². The largest absolute Gasteiger partial charge is 0.493 e. The molecular formula is C49H49N7O3. The van der Waals surface area contributed by atoms with Crippen LogP contribution in [-0.4, -0.2) is 38.8 Å². The lowest BCUT2D eigenvalue weighted by Crippen LogP contribution is -2.31. The summed E-state index contributed by atoms with van der Waals surface area (Å²) in [6, 6.07) is 36.9. The van der Waals surface area contributed by atoms with Crippen LogP contribution in [0.1, 0.15) is 37.6 Å². The highest BCUT2D eigenvalue weighted by Crippen LogP contribution is 2.32. The van der Waals surface area contributed by atoms with Crippen molar-refractivity contribution in [1.29, 1.82) is 0 Å². The number of hydrogen-bond acceptors (Lipinski definition) is 8. The van der Waals surface area contributed by atoms with Crippen LogP contribution < -0.4 is 31.1 Å². The predicted octanol–water partition coefficient (Wildman–Crippen LogP) is 10.2. The molecule has 10 nitrogen and oxygen atoms in total. The molecule has 0 unspecified atom stereocenters. The first-order valence-corrected chi connectivity index (χ1v) is 20.0. The molecule has 1 aliphatic rings. The number of nitrogens with zero attached hydrogens (tertiary/aromatic N) is 5. The molecule has 2 N–H and O–H groups in total. The Kier molecular flexibility index (Phi) is 12.5. The van der Waals surface area contributed by atoms with Crippen LogP contribution in [0.25, 0.3) is 33.4 Å².